The fraction of sp³-hybridized carbons (Fsp3) is 0.292. The normalized spacial score (nSPS) is 14.2. The summed E-state index contributed by atoms with van der Waals surface area (Å²) >= 11 is 0. The van der Waals surface area contributed by atoms with Gasteiger partial charge in [-0.25, -0.2) is 19.3 Å². The lowest BCUT2D eigenvalue weighted by atomic mass is 9.92. The number of aryl methyl sites for hydroxylation is 2. The number of pyridine rings is 1. The number of nitrogens with one attached hydrogen (secondary N) is 1. The second-order valence-electron chi connectivity index (χ2n) is 8.11. The van der Waals surface area contributed by atoms with E-state index in [1.165, 1.54) is 24.3 Å². The first-order valence-corrected chi connectivity index (χ1v) is 10.7. The number of rotatable bonds is 4. The summed E-state index contributed by atoms with van der Waals surface area (Å²) in [7, 11) is 0. The quantitative estimate of drug-likeness (QED) is 0.632. The maximum Gasteiger partial charge on any atom is 0.259 e. The molecule has 4 rings (SSSR count). The number of hydrogen-bond donors (Lipinski definition) is 2. The third kappa shape index (κ3) is 4.97. The Morgan fingerprint density at radius 2 is 1.73 bits per heavy atom. The summed E-state index contributed by atoms with van der Waals surface area (Å²) in [6, 6.07) is 8.95. The van der Waals surface area contributed by atoms with E-state index in [0.29, 0.717) is 35.9 Å². The van der Waals surface area contributed by atoms with Gasteiger partial charge < -0.3 is 16.0 Å². The topological polar surface area (TPSA) is 114 Å². The molecule has 9 heteroatoms. The lowest BCUT2D eigenvalue weighted by molar-refractivity contribution is 0.0710. The van der Waals surface area contributed by atoms with Crippen LogP contribution in [0.1, 0.15) is 56.7 Å². The van der Waals surface area contributed by atoms with E-state index in [-0.39, 0.29) is 29.0 Å². The van der Waals surface area contributed by atoms with E-state index in [0.717, 1.165) is 18.5 Å². The van der Waals surface area contributed by atoms with Gasteiger partial charge in [0.05, 0.1) is 16.8 Å². The van der Waals surface area contributed by atoms with Crippen LogP contribution < -0.4 is 11.1 Å². The minimum absolute atomic E-state index is 0.0637. The van der Waals surface area contributed by atoms with E-state index in [1.807, 2.05) is 11.8 Å². The monoisotopic (exact) mass is 448 g/mol. The Bertz CT molecular complexity index is 1190. The SMILES string of the molecule is Cc1ncc(C(=O)N2CCC(c3ccc(C(=O)Nc4ccc(F)cc4)c(N)n3)CC2)c(C)n1. The fourth-order valence-corrected chi connectivity index (χ4v) is 3.98. The van der Waals surface area contributed by atoms with Gasteiger partial charge in [0, 0.05) is 36.6 Å². The van der Waals surface area contributed by atoms with E-state index in [1.54, 1.807) is 25.3 Å². The molecular formula is C24H25FN6O2. The molecule has 2 aromatic heterocycles. The van der Waals surface area contributed by atoms with Gasteiger partial charge in [-0.15, -0.1) is 0 Å². The fourth-order valence-electron chi connectivity index (χ4n) is 3.98. The molecule has 1 aromatic carbocycles. The Hall–Kier alpha value is -3.88. The molecule has 1 fully saturated rings. The van der Waals surface area contributed by atoms with Crippen molar-refractivity contribution in [2.75, 3.05) is 24.1 Å². The van der Waals surface area contributed by atoms with E-state index in [2.05, 4.69) is 20.3 Å². The van der Waals surface area contributed by atoms with Crippen molar-refractivity contribution in [3.63, 3.8) is 0 Å². The molecule has 33 heavy (non-hydrogen) atoms. The van der Waals surface area contributed by atoms with Crippen LogP contribution in [0.15, 0.2) is 42.6 Å². The van der Waals surface area contributed by atoms with Crippen molar-refractivity contribution in [3.05, 3.63) is 76.8 Å². The number of carbonyl (C=O) groups is 2. The van der Waals surface area contributed by atoms with Gasteiger partial charge in [-0.1, -0.05) is 0 Å². The summed E-state index contributed by atoms with van der Waals surface area (Å²) < 4.78 is 13.0. The highest BCUT2D eigenvalue weighted by Crippen LogP contribution is 2.29. The number of piperidine rings is 1. The first kappa shape index (κ1) is 22.3. The number of benzene rings is 1. The van der Waals surface area contributed by atoms with Gasteiger partial charge in [0.25, 0.3) is 11.8 Å². The van der Waals surface area contributed by atoms with Crippen molar-refractivity contribution in [1.82, 2.24) is 19.9 Å². The predicted molar refractivity (Wildman–Crippen MR) is 122 cm³/mol. The van der Waals surface area contributed by atoms with Gasteiger partial charge in [0.1, 0.15) is 17.5 Å². The lowest BCUT2D eigenvalue weighted by Gasteiger charge is -2.32. The van der Waals surface area contributed by atoms with Crippen LogP contribution in [0.4, 0.5) is 15.9 Å². The molecule has 3 N–H and O–H groups in total. The molecule has 8 nitrogen and oxygen atoms in total. The molecule has 3 aromatic rings. The zero-order valence-corrected chi connectivity index (χ0v) is 18.5. The van der Waals surface area contributed by atoms with Crippen LogP contribution in [0, 0.1) is 19.7 Å². The molecule has 0 radical (unpaired) electrons. The average Bonchev–Trinajstić information content (AvgIpc) is 2.80. The lowest BCUT2D eigenvalue weighted by Crippen LogP contribution is -2.38. The summed E-state index contributed by atoms with van der Waals surface area (Å²) in [5, 5.41) is 2.69. The van der Waals surface area contributed by atoms with Crippen molar-refractivity contribution >= 4 is 23.3 Å². The maximum atomic E-state index is 13.0. The number of aromatic nitrogens is 3. The second-order valence-corrected chi connectivity index (χ2v) is 8.11. The Labute approximate surface area is 191 Å². The molecule has 2 amide bonds. The van der Waals surface area contributed by atoms with Crippen molar-refractivity contribution in [2.24, 2.45) is 0 Å². The molecule has 1 aliphatic rings. The average molecular weight is 449 g/mol. The van der Waals surface area contributed by atoms with Crippen LogP contribution >= 0.6 is 0 Å². The second kappa shape index (κ2) is 9.32. The zero-order valence-electron chi connectivity index (χ0n) is 18.5. The number of nitrogens with zero attached hydrogens (tertiary/aromatic N) is 4. The third-order valence-corrected chi connectivity index (χ3v) is 5.82. The van der Waals surface area contributed by atoms with Gasteiger partial charge in [0.2, 0.25) is 0 Å². The standard InChI is InChI=1S/C24H25FN6O2/c1-14-20(13-27-15(2)28-14)24(33)31-11-9-16(10-12-31)21-8-7-19(22(26)30-21)23(32)29-18-5-3-17(25)4-6-18/h3-8,13,16H,9-12H2,1-2H3,(H2,26,30)(H,29,32). The minimum Gasteiger partial charge on any atom is -0.383 e. The highest BCUT2D eigenvalue weighted by atomic mass is 19.1. The molecule has 0 atom stereocenters. The number of hydrogen-bond acceptors (Lipinski definition) is 6. The molecule has 1 saturated heterocycles. The molecule has 0 bridgehead atoms. The number of halogens is 1. The number of likely N-dealkylation sites (tertiary alicyclic amines) is 1. The van der Waals surface area contributed by atoms with Crippen LogP contribution in [-0.4, -0.2) is 44.8 Å². The van der Waals surface area contributed by atoms with Gasteiger partial charge in [-0.2, -0.15) is 0 Å². The van der Waals surface area contributed by atoms with E-state index in [9.17, 15) is 14.0 Å². The maximum absolute atomic E-state index is 13.0. The highest BCUT2D eigenvalue weighted by molar-refractivity contribution is 6.07. The predicted octanol–water partition coefficient (Wildman–Crippen LogP) is 3.48. The van der Waals surface area contributed by atoms with Crippen molar-refractivity contribution in [2.45, 2.75) is 32.6 Å². The van der Waals surface area contributed by atoms with Crippen molar-refractivity contribution in [3.8, 4) is 0 Å². The molecule has 3 heterocycles. The molecule has 1 aliphatic heterocycles. The van der Waals surface area contributed by atoms with Crippen molar-refractivity contribution in [1.29, 1.82) is 0 Å². The van der Waals surface area contributed by atoms with Crippen LogP contribution in [0.2, 0.25) is 0 Å². The van der Waals surface area contributed by atoms with Crippen LogP contribution in [0.5, 0.6) is 0 Å². The Kier molecular flexibility index (Phi) is 6.30. The minimum atomic E-state index is -0.408. The van der Waals surface area contributed by atoms with Crippen LogP contribution in [-0.2, 0) is 0 Å². The zero-order chi connectivity index (χ0) is 23.5. The number of anilines is 2. The van der Waals surface area contributed by atoms with E-state index in [4.69, 9.17) is 5.73 Å². The number of nitrogens with two attached hydrogens (primary N) is 1. The summed E-state index contributed by atoms with van der Waals surface area (Å²) in [5.74, 6) is 0.0642. The van der Waals surface area contributed by atoms with Crippen molar-refractivity contribution < 1.29 is 14.0 Å². The molecule has 0 spiro atoms. The molecule has 0 aliphatic carbocycles. The molecular weight excluding hydrogens is 423 g/mol. The summed E-state index contributed by atoms with van der Waals surface area (Å²) in [6.07, 6.45) is 3.07. The Balaban J connectivity index is 1.39. The molecule has 0 unspecified atom stereocenters. The molecule has 0 saturated carbocycles. The summed E-state index contributed by atoms with van der Waals surface area (Å²) in [6.45, 7) is 4.79. The largest absolute Gasteiger partial charge is 0.383 e. The summed E-state index contributed by atoms with van der Waals surface area (Å²) in [5.41, 5.74) is 8.80. The van der Waals surface area contributed by atoms with Crippen LogP contribution in [0.25, 0.3) is 0 Å². The first-order valence-electron chi connectivity index (χ1n) is 10.7. The smallest absolute Gasteiger partial charge is 0.259 e. The third-order valence-electron chi connectivity index (χ3n) is 5.82. The number of nitrogen functional groups attached to an aromatic ring is 1. The number of carbonyl (C=O) groups excluding carboxylic acids is 2. The van der Waals surface area contributed by atoms with Gasteiger partial charge in [-0.05, 0) is 63.1 Å². The van der Waals surface area contributed by atoms with E-state index >= 15 is 0 Å². The first-order chi connectivity index (χ1) is 15.8. The van der Waals surface area contributed by atoms with E-state index < -0.39 is 5.91 Å². The molecule has 170 valence electrons. The van der Waals surface area contributed by atoms with Crippen LogP contribution in [0.3, 0.4) is 0 Å². The van der Waals surface area contributed by atoms with Gasteiger partial charge >= 0.3 is 0 Å². The summed E-state index contributed by atoms with van der Waals surface area (Å²) in [4.78, 5) is 40.1. The number of amides is 2. The Morgan fingerprint density at radius 3 is 2.36 bits per heavy atom. The van der Waals surface area contributed by atoms with Gasteiger partial charge in [-0.3, -0.25) is 9.59 Å². The highest BCUT2D eigenvalue weighted by Gasteiger charge is 2.27. The Morgan fingerprint density at radius 1 is 1.03 bits per heavy atom. The van der Waals surface area contributed by atoms with Gasteiger partial charge in [0.15, 0.2) is 0 Å².